The van der Waals surface area contributed by atoms with Crippen LogP contribution in [-0.2, 0) is 4.79 Å². The van der Waals surface area contributed by atoms with Gasteiger partial charge >= 0.3 is 0 Å². The van der Waals surface area contributed by atoms with Gasteiger partial charge in [0.05, 0.1) is 0 Å². The number of amides is 1. The molecule has 1 atom stereocenters. The molecule has 1 amide bonds. The summed E-state index contributed by atoms with van der Waals surface area (Å²) in [7, 11) is 0. The Hall–Kier alpha value is -0.530. The van der Waals surface area contributed by atoms with Crippen LogP contribution < -0.4 is 5.73 Å². The molecule has 0 fully saturated rings. The van der Waals surface area contributed by atoms with E-state index in [4.69, 9.17) is 5.73 Å². The SMILES string of the molecule is CCC[C@@H](CCC(C)C)C(N)=O. The maximum absolute atomic E-state index is 10.9. The molecule has 2 N–H and O–H groups in total. The first-order chi connectivity index (χ1) is 5.57. The van der Waals surface area contributed by atoms with E-state index >= 15 is 0 Å². The summed E-state index contributed by atoms with van der Waals surface area (Å²) in [5, 5.41) is 0. The zero-order valence-corrected chi connectivity index (χ0v) is 8.47. The van der Waals surface area contributed by atoms with Crippen molar-refractivity contribution >= 4 is 5.91 Å². The number of hydrogen-bond acceptors (Lipinski definition) is 1. The molecule has 72 valence electrons. The Morgan fingerprint density at radius 1 is 1.25 bits per heavy atom. The average molecular weight is 171 g/mol. The number of hydrogen-bond donors (Lipinski definition) is 1. The van der Waals surface area contributed by atoms with Crippen molar-refractivity contribution in [1.29, 1.82) is 0 Å². The van der Waals surface area contributed by atoms with Gasteiger partial charge in [-0.15, -0.1) is 0 Å². The normalized spacial score (nSPS) is 13.3. The van der Waals surface area contributed by atoms with Gasteiger partial charge in [0, 0.05) is 5.92 Å². The van der Waals surface area contributed by atoms with Crippen LogP contribution >= 0.6 is 0 Å². The number of nitrogens with two attached hydrogens (primary N) is 1. The minimum Gasteiger partial charge on any atom is -0.369 e. The van der Waals surface area contributed by atoms with E-state index in [0.717, 1.165) is 25.7 Å². The highest BCUT2D eigenvalue weighted by molar-refractivity contribution is 5.76. The van der Waals surface area contributed by atoms with E-state index in [0.29, 0.717) is 5.92 Å². The number of primary amides is 1. The fourth-order valence-corrected chi connectivity index (χ4v) is 1.31. The molecule has 0 saturated carbocycles. The van der Waals surface area contributed by atoms with Gasteiger partial charge in [0.1, 0.15) is 0 Å². The predicted molar refractivity (Wildman–Crippen MR) is 51.7 cm³/mol. The van der Waals surface area contributed by atoms with Crippen LogP contribution in [0.15, 0.2) is 0 Å². The second kappa shape index (κ2) is 6.04. The van der Waals surface area contributed by atoms with Crippen LogP contribution in [0.4, 0.5) is 0 Å². The Morgan fingerprint density at radius 3 is 2.17 bits per heavy atom. The molecule has 0 aliphatic heterocycles. The molecule has 0 unspecified atom stereocenters. The summed E-state index contributed by atoms with van der Waals surface area (Å²) >= 11 is 0. The minimum atomic E-state index is -0.127. The van der Waals surface area contributed by atoms with E-state index in [-0.39, 0.29) is 11.8 Å². The van der Waals surface area contributed by atoms with Gasteiger partial charge < -0.3 is 5.73 Å². The monoisotopic (exact) mass is 171 g/mol. The molecule has 0 aromatic heterocycles. The topological polar surface area (TPSA) is 43.1 Å². The lowest BCUT2D eigenvalue weighted by molar-refractivity contribution is -0.122. The van der Waals surface area contributed by atoms with Crippen LogP contribution in [-0.4, -0.2) is 5.91 Å². The third-order valence-corrected chi connectivity index (χ3v) is 2.13. The van der Waals surface area contributed by atoms with E-state index in [1.54, 1.807) is 0 Å². The van der Waals surface area contributed by atoms with Crippen molar-refractivity contribution in [2.75, 3.05) is 0 Å². The Morgan fingerprint density at radius 2 is 1.83 bits per heavy atom. The maximum atomic E-state index is 10.9. The molecule has 0 aliphatic carbocycles. The van der Waals surface area contributed by atoms with Gasteiger partial charge in [0.15, 0.2) is 0 Å². The number of carbonyl (C=O) groups is 1. The zero-order chi connectivity index (χ0) is 9.56. The molecule has 12 heavy (non-hydrogen) atoms. The Kier molecular flexibility index (Phi) is 5.77. The van der Waals surface area contributed by atoms with Crippen LogP contribution in [0.3, 0.4) is 0 Å². The minimum absolute atomic E-state index is 0.109. The fraction of sp³-hybridized carbons (Fsp3) is 0.900. The van der Waals surface area contributed by atoms with Crippen molar-refractivity contribution in [1.82, 2.24) is 0 Å². The highest BCUT2D eigenvalue weighted by Gasteiger charge is 2.13. The molecule has 0 aromatic carbocycles. The van der Waals surface area contributed by atoms with Crippen LogP contribution in [0.5, 0.6) is 0 Å². The Balaban J connectivity index is 3.71. The van der Waals surface area contributed by atoms with Crippen LogP contribution in [0.2, 0.25) is 0 Å². The van der Waals surface area contributed by atoms with Crippen molar-refractivity contribution in [3.63, 3.8) is 0 Å². The first kappa shape index (κ1) is 11.5. The largest absolute Gasteiger partial charge is 0.369 e. The molecule has 0 aromatic rings. The van der Waals surface area contributed by atoms with E-state index in [1.807, 2.05) is 0 Å². The summed E-state index contributed by atoms with van der Waals surface area (Å²) in [6.45, 7) is 6.43. The molecule has 0 rings (SSSR count). The van der Waals surface area contributed by atoms with Crippen molar-refractivity contribution in [3.8, 4) is 0 Å². The van der Waals surface area contributed by atoms with Gasteiger partial charge in [-0.1, -0.05) is 33.6 Å². The first-order valence-corrected chi connectivity index (χ1v) is 4.87. The Bertz CT molecular complexity index is 132. The van der Waals surface area contributed by atoms with Crippen molar-refractivity contribution in [2.45, 2.75) is 46.5 Å². The number of rotatable bonds is 6. The molecule has 0 heterocycles. The summed E-state index contributed by atoms with van der Waals surface area (Å²) in [6, 6.07) is 0. The van der Waals surface area contributed by atoms with Gasteiger partial charge in [-0.3, -0.25) is 4.79 Å². The zero-order valence-electron chi connectivity index (χ0n) is 8.47. The summed E-state index contributed by atoms with van der Waals surface area (Å²) in [5.74, 6) is 0.651. The molecule has 0 radical (unpaired) electrons. The second-order valence-corrected chi connectivity index (χ2v) is 3.86. The van der Waals surface area contributed by atoms with E-state index < -0.39 is 0 Å². The lowest BCUT2D eigenvalue weighted by Gasteiger charge is -2.12. The van der Waals surface area contributed by atoms with Gasteiger partial charge in [-0.05, 0) is 18.8 Å². The van der Waals surface area contributed by atoms with Crippen LogP contribution in [0.25, 0.3) is 0 Å². The average Bonchev–Trinajstić information content (AvgIpc) is 1.96. The van der Waals surface area contributed by atoms with Gasteiger partial charge in [0.2, 0.25) is 5.91 Å². The predicted octanol–water partition coefficient (Wildman–Crippen LogP) is 2.32. The molecule has 0 aliphatic rings. The first-order valence-electron chi connectivity index (χ1n) is 4.87. The lowest BCUT2D eigenvalue weighted by atomic mass is 9.94. The van der Waals surface area contributed by atoms with Gasteiger partial charge in [-0.25, -0.2) is 0 Å². The number of carbonyl (C=O) groups excluding carboxylic acids is 1. The van der Waals surface area contributed by atoms with E-state index in [1.165, 1.54) is 0 Å². The third kappa shape index (κ3) is 5.16. The van der Waals surface area contributed by atoms with Crippen LogP contribution in [0, 0.1) is 11.8 Å². The van der Waals surface area contributed by atoms with Crippen molar-refractivity contribution < 1.29 is 4.79 Å². The van der Waals surface area contributed by atoms with E-state index in [9.17, 15) is 4.79 Å². The second-order valence-electron chi connectivity index (χ2n) is 3.86. The molecular weight excluding hydrogens is 150 g/mol. The van der Waals surface area contributed by atoms with Crippen molar-refractivity contribution in [3.05, 3.63) is 0 Å². The summed E-state index contributed by atoms with van der Waals surface area (Å²) < 4.78 is 0. The van der Waals surface area contributed by atoms with Crippen molar-refractivity contribution in [2.24, 2.45) is 17.6 Å². The molecule has 0 spiro atoms. The standard InChI is InChI=1S/C10H21NO/c1-4-5-9(10(11)12)7-6-8(2)3/h8-9H,4-7H2,1-3H3,(H2,11,12)/t9-/m0/s1. The summed E-state index contributed by atoms with van der Waals surface area (Å²) in [5.41, 5.74) is 5.27. The molecular formula is C10H21NO. The van der Waals surface area contributed by atoms with E-state index in [2.05, 4.69) is 20.8 Å². The van der Waals surface area contributed by atoms with Crippen LogP contribution in [0.1, 0.15) is 46.5 Å². The van der Waals surface area contributed by atoms with Gasteiger partial charge in [-0.2, -0.15) is 0 Å². The quantitative estimate of drug-likeness (QED) is 0.655. The summed E-state index contributed by atoms with van der Waals surface area (Å²) in [6.07, 6.45) is 4.06. The maximum Gasteiger partial charge on any atom is 0.220 e. The third-order valence-electron chi connectivity index (χ3n) is 2.13. The fourth-order valence-electron chi connectivity index (χ4n) is 1.31. The highest BCUT2D eigenvalue weighted by atomic mass is 16.1. The summed E-state index contributed by atoms with van der Waals surface area (Å²) in [4.78, 5) is 10.9. The lowest BCUT2D eigenvalue weighted by Crippen LogP contribution is -2.23. The molecule has 0 bridgehead atoms. The smallest absolute Gasteiger partial charge is 0.220 e. The Labute approximate surface area is 75.5 Å². The molecule has 2 nitrogen and oxygen atoms in total. The van der Waals surface area contributed by atoms with Gasteiger partial charge in [0.25, 0.3) is 0 Å². The molecule has 2 heteroatoms. The molecule has 0 saturated heterocycles. The highest BCUT2D eigenvalue weighted by Crippen LogP contribution is 2.16.